The molecule has 0 saturated heterocycles. The third-order valence-electron chi connectivity index (χ3n) is 2.97. The van der Waals surface area contributed by atoms with Crippen LogP contribution in [0.4, 0.5) is 5.69 Å². The third kappa shape index (κ3) is 4.24. The summed E-state index contributed by atoms with van der Waals surface area (Å²) in [5, 5.41) is 3.78. The highest BCUT2D eigenvalue weighted by molar-refractivity contribution is 7.92. The van der Waals surface area contributed by atoms with Gasteiger partial charge in [0.1, 0.15) is 5.75 Å². The van der Waals surface area contributed by atoms with Crippen LogP contribution < -0.4 is 9.04 Å². The number of aryl methyl sites for hydroxylation is 1. The second kappa shape index (κ2) is 6.83. The summed E-state index contributed by atoms with van der Waals surface area (Å²) in [6, 6.07) is 8.67. The molecule has 0 bridgehead atoms. The molecule has 2 rings (SSSR count). The average molecular weight is 324 g/mol. The van der Waals surface area contributed by atoms with Crippen LogP contribution in [0.15, 0.2) is 34.9 Å². The molecule has 0 radical (unpaired) electrons. The second-order valence-corrected chi connectivity index (χ2v) is 6.95. The zero-order chi connectivity index (χ0) is 16.2. The minimum absolute atomic E-state index is 0.106. The van der Waals surface area contributed by atoms with Crippen molar-refractivity contribution in [1.82, 2.24) is 5.16 Å². The number of rotatable bonds is 7. The Balaban J connectivity index is 2.22. The summed E-state index contributed by atoms with van der Waals surface area (Å²) in [6.45, 7) is 4.55. The summed E-state index contributed by atoms with van der Waals surface area (Å²) in [7, 11) is -3.43. The first kappa shape index (κ1) is 16.4. The van der Waals surface area contributed by atoms with Crippen LogP contribution in [0.25, 0.3) is 0 Å². The summed E-state index contributed by atoms with van der Waals surface area (Å²) in [5.41, 5.74) is 1.27. The lowest BCUT2D eigenvalue weighted by atomic mass is 10.3. The molecule has 0 N–H and O–H groups in total. The molecule has 1 aromatic heterocycles. The molecule has 0 saturated carbocycles. The summed E-state index contributed by atoms with van der Waals surface area (Å²) in [4.78, 5) is 0. The second-order valence-electron chi connectivity index (χ2n) is 5.05. The van der Waals surface area contributed by atoms with E-state index in [1.54, 1.807) is 37.3 Å². The first-order valence-electron chi connectivity index (χ1n) is 7.03. The van der Waals surface area contributed by atoms with Gasteiger partial charge in [-0.3, -0.25) is 4.31 Å². The van der Waals surface area contributed by atoms with Crippen molar-refractivity contribution in [2.75, 3.05) is 17.2 Å². The standard InChI is InChI=1S/C15H20N2O4S/c1-4-9-20-14-7-5-13(6-8-14)17(22(3,18)19)11-15-10-12(2)16-21-15/h5-8,10H,4,9,11H2,1-3H3. The van der Waals surface area contributed by atoms with E-state index in [1.165, 1.54) is 4.31 Å². The minimum Gasteiger partial charge on any atom is -0.494 e. The van der Waals surface area contributed by atoms with Crippen molar-refractivity contribution in [2.45, 2.75) is 26.8 Å². The first-order valence-corrected chi connectivity index (χ1v) is 8.87. The molecule has 0 fully saturated rings. The fraction of sp³-hybridized carbons (Fsp3) is 0.400. The average Bonchev–Trinajstić information content (AvgIpc) is 2.88. The van der Waals surface area contributed by atoms with E-state index in [0.29, 0.717) is 23.7 Å². The van der Waals surface area contributed by atoms with Gasteiger partial charge >= 0.3 is 0 Å². The normalized spacial score (nSPS) is 11.4. The van der Waals surface area contributed by atoms with E-state index >= 15 is 0 Å². The first-order chi connectivity index (χ1) is 10.4. The zero-order valence-electron chi connectivity index (χ0n) is 12.9. The van der Waals surface area contributed by atoms with E-state index in [9.17, 15) is 8.42 Å². The van der Waals surface area contributed by atoms with Crippen LogP contribution in [-0.4, -0.2) is 26.4 Å². The van der Waals surface area contributed by atoms with Gasteiger partial charge < -0.3 is 9.26 Å². The molecule has 0 spiro atoms. The van der Waals surface area contributed by atoms with Crippen LogP contribution >= 0.6 is 0 Å². The lowest BCUT2D eigenvalue weighted by Gasteiger charge is -2.21. The molecule has 7 heteroatoms. The molecular formula is C15H20N2O4S. The highest BCUT2D eigenvalue weighted by Crippen LogP contribution is 2.24. The van der Waals surface area contributed by atoms with Crippen LogP contribution in [0.5, 0.6) is 5.75 Å². The largest absolute Gasteiger partial charge is 0.494 e. The lowest BCUT2D eigenvalue weighted by Crippen LogP contribution is -2.29. The maximum absolute atomic E-state index is 12.0. The fourth-order valence-electron chi connectivity index (χ4n) is 1.96. The molecule has 0 aliphatic carbocycles. The number of hydrogen-bond donors (Lipinski definition) is 0. The summed E-state index contributed by atoms with van der Waals surface area (Å²) < 4.78 is 35.9. The van der Waals surface area contributed by atoms with Crippen molar-refractivity contribution in [2.24, 2.45) is 0 Å². The zero-order valence-corrected chi connectivity index (χ0v) is 13.8. The minimum atomic E-state index is -3.43. The number of ether oxygens (including phenoxy) is 1. The maximum atomic E-state index is 12.0. The molecule has 0 amide bonds. The Morgan fingerprint density at radius 1 is 1.27 bits per heavy atom. The predicted molar refractivity (Wildman–Crippen MR) is 84.5 cm³/mol. The molecule has 2 aromatic rings. The molecule has 1 aromatic carbocycles. The number of hydrogen-bond acceptors (Lipinski definition) is 5. The number of aromatic nitrogens is 1. The Kier molecular flexibility index (Phi) is 5.07. The van der Waals surface area contributed by atoms with Crippen molar-refractivity contribution in [3.05, 3.63) is 41.8 Å². The van der Waals surface area contributed by atoms with E-state index in [2.05, 4.69) is 5.16 Å². The predicted octanol–water partition coefficient (Wildman–Crippen LogP) is 2.74. The molecular weight excluding hydrogens is 304 g/mol. The summed E-state index contributed by atoms with van der Waals surface area (Å²) in [6.07, 6.45) is 2.08. The van der Waals surface area contributed by atoms with Gasteiger partial charge in [-0.25, -0.2) is 8.42 Å². The topological polar surface area (TPSA) is 72.6 Å². The Bertz CT molecular complexity index is 707. The Hall–Kier alpha value is -2.02. The highest BCUT2D eigenvalue weighted by atomic mass is 32.2. The number of benzene rings is 1. The Morgan fingerprint density at radius 2 is 1.95 bits per heavy atom. The smallest absolute Gasteiger partial charge is 0.232 e. The Labute approximate surface area is 130 Å². The van der Waals surface area contributed by atoms with Crippen molar-refractivity contribution in [1.29, 1.82) is 0 Å². The van der Waals surface area contributed by atoms with Gasteiger partial charge in [-0.05, 0) is 37.6 Å². The molecule has 1 heterocycles. The van der Waals surface area contributed by atoms with E-state index in [-0.39, 0.29) is 6.54 Å². The maximum Gasteiger partial charge on any atom is 0.232 e. The third-order valence-corrected chi connectivity index (χ3v) is 4.11. The van der Waals surface area contributed by atoms with Gasteiger partial charge in [0.25, 0.3) is 0 Å². The van der Waals surface area contributed by atoms with E-state index in [4.69, 9.17) is 9.26 Å². The Morgan fingerprint density at radius 3 is 2.45 bits per heavy atom. The molecule has 6 nitrogen and oxygen atoms in total. The molecule has 0 unspecified atom stereocenters. The summed E-state index contributed by atoms with van der Waals surface area (Å²) >= 11 is 0. The molecule has 0 aliphatic rings. The van der Waals surface area contributed by atoms with E-state index in [1.807, 2.05) is 6.92 Å². The van der Waals surface area contributed by atoms with Crippen molar-refractivity contribution < 1.29 is 17.7 Å². The lowest BCUT2D eigenvalue weighted by molar-refractivity contribution is 0.317. The summed E-state index contributed by atoms with van der Waals surface area (Å²) in [5.74, 6) is 1.21. The highest BCUT2D eigenvalue weighted by Gasteiger charge is 2.20. The van der Waals surface area contributed by atoms with Crippen molar-refractivity contribution in [3.63, 3.8) is 0 Å². The van der Waals surface area contributed by atoms with Crippen LogP contribution in [0.1, 0.15) is 24.8 Å². The number of nitrogens with zero attached hydrogens (tertiary/aromatic N) is 2. The quantitative estimate of drug-likeness (QED) is 0.783. The monoisotopic (exact) mass is 324 g/mol. The van der Waals surface area contributed by atoms with Gasteiger partial charge in [-0.2, -0.15) is 0 Å². The van der Waals surface area contributed by atoms with E-state index in [0.717, 1.165) is 18.4 Å². The molecule has 22 heavy (non-hydrogen) atoms. The van der Waals surface area contributed by atoms with Crippen LogP contribution in [0, 0.1) is 6.92 Å². The van der Waals surface area contributed by atoms with Gasteiger partial charge in [-0.1, -0.05) is 12.1 Å². The number of sulfonamides is 1. The van der Waals surface area contributed by atoms with Crippen LogP contribution in [0.3, 0.4) is 0 Å². The van der Waals surface area contributed by atoms with Crippen LogP contribution in [-0.2, 0) is 16.6 Å². The van der Waals surface area contributed by atoms with Crippen molar-refractivity contribution >= 4 is 15.7 Å². The fourth-order valence-corrected chi connectivity index (χ4v) is 2.83. The van der Waals surface area contributed by atoms with Gasteiger partial charge in [0.15, 0.2) is 5.76 Å². The number of anilines is 1. The van der Waals surface area contributed by atoms with E-state index < -0.39 is 10.0 Å². The molecule has 0 atom stereocenters. The van der Waals surface area contributed by atoms with Gasteiger partial charge in [-0.15, -0.1) is 0 Å². The molecule has 120 valence electrons. The van der Waals surface area contributed by atoms with Crippen molar-refractivity contribution in [3.8, 4) is 5.75 Å². The van der Waals surface area contributed by atoms with Gasteiger partial charge in [0, 0.05) is 6.07 Å². The van der Waals surface area contributed by atoms with Gasteiger partial charge in [0.2, 0.25) is 10.0 Å². The van der Waals surface area contributed by atoms with Gasteiger partial charge in [0.05, 0.1) is 30.8 Å². The molecule has 0 aliphatic heterocycles. The van der Waals surface area contributed by atoms with Crippen LogP contribution in [0.2, 0.25) is 0 Å². The SMILES string of the molecule is CCCOc1ccc(N(Cc2cc(C)no2)S(C)(=O)=O)cc1.